The highest BCUT2D eigenvalue weighted by Crippen LogP contribution is 2.01. The predicted octanol–water partition coefficient (Wildman–Crippen LogP) is 0.171. The number of rotatable bonds is 8. The normalized spacial score (nSPS) is 15.7. The van der Waals surface area contributed by atoms with E-state index in [9.17, 15) is 0 Å². The highest BCUT2D eigenvalue weighted by Gasteiger charge is 2.08. The van der Waals surface area contributed by atoms with Gasteiger partial charge in [0, 0.05) is 13.7 Å². The van der Waals surface area contributed by atoms with Gasteiger partial charge < -0.3 is 19.7 Å². The highest BCUT2D eigenvalue weighted by atomic mass is 16.5. The van der Waals surface area contributed by atoms with Gasteiger partial charge in [-0.15, -0.1) is 0 Å². The average Bonchev–Trinajstić information content (AvgIpc) is 2.19. The molecule has 0 aliphatic rings. The molecule has 0 aromatic rings. The molecule has 13 heavy (non-hydrogen) atoms. The van der Waals surface area contributed by atoms with E-state index >= 15 is 0 Å². The molecule has 0 aliphatic carbocycles. The second kappa shape index (κ2) is 8.44. The van der Waals surface area contributed by atoms with E-state index in [1.54, 1.807) is 7.11 Å². The summed E-state index contributed by atoms with van der Waals surface area (Å²) in [4.78, 5) is 0. The fraction of sp³-hybridized carbons (Fsp3) is 1.00. The lowest BCUT2D eigenvalue weighted by atomic mass is 10.2. The Bertz CT molecular complexity index is 87.8. The van der Waals surface area contributed by atoms with Crippen LogP contribution in [0, 0.1) is 0 Å². The van der Waals surface area contributed by atoms with Crippen LogP contribution in [0.1, 0.15) is 19.8 Å². The van der Waals surface area contributed by atoms with Crippen molar-refractivity contribution in [1.29, 1.82) is 0 Å². The van der Waals surface area contributed by atoms with Crippen LogP contribution in [0.4, 0.5) is 0 Å². The summed E-state index contributed by atoms with van der Waals surface area (Å²) < 4.78 is 10.3. The second-order valence-corrected chi connectivity index (χ2v) is 2.91. The summed E-state index contributed by atoms with van der Waals surface area (Å²) in [5, 5.41) is 17.6. The summed E-state index contributed by atoms with van der Waals surface area (Å²) in [6.07, 6.45) is 1.21. The molecule has 80 valence electrons. The molecule has 0 amide bonds. The van der Waals surface area contributed by atoms with Crippen molar-refractivity contribution in [2.24, 2.45) is 0 Å². The Morgan fingerprint density at radius 3 is 2.15 bits per heavy atom. The molecule has 0 spiro atoms. The molecule has 0 saturated carbocycles. The first-order valence-electron chi connectivity index (χ1n) is 4.64. The first-order chi connectivity index (χ1) is 6.28. The second-order valence-electron chi connectivity index (χ2n) is 2.91. The standard InChI is InChI=1S/C9H20O4/c1-3-8(6-10)13-5-4-9(7-11)12-2/h8-11H,3-7H2,1-2H3. The molecule has 4 heteroatoms. The Labute approximate surface area is 79.5 Å². The van der Waals surface area contributed by atoms with Gasteiger partial charge in [0.15, 0.2) is 0 Å². The molecule has 4 nitrogen and oxygen atoms in total. The lowest BCUT2D eigenvalue weighted by molar-refractivity contribution is -0.0221. The van der Waals surface area contributed by atoms with Crippen LogP contribution in [0.5, 0.6) is 0 Å². The summed E-state index contributed by atoms with van der Waals surface area (Å²) in [7, 11) is 1.56. The molecule has 0 saturated heterocycles. The van der Waals surface area contributed by atoms with Gasteiger partial charge in [-0.1, -0.05) is 6.92 Å². The summed E-state index contributed by atoms with van der Waals surface area (Å²) >= 11 is 0. The zero-order chi connectivity index (χ0) is 10.1. The molecule has 0 fully saturated rings. The van der Waals surface area contributed by atoms with E-state index in [1.807, 2.05) is 6.92 Å². The predicted molar refractivity (Wildman–Crippen MR) is 49.6 cm³/mol. The van der Waals surface area contributed by atoms with E-state index in [1.165, 1.54) is 0 Å². The van der Waals surface area contributed by atoms with Gasteiger partial charge in [0.1, 0.15) is 0 Å². The monoisotopic (exact) mass is 192 g/mol. The number of hydrogen-bond donors (Lipinski definition) is 2. The molecule has 0 aliphatic heterocycles. The van der Waals surface area contributed by atoms with Gasteiger partial charge in [0.05, 0.1) is 25.4 Å². The summed E-state index contributed by atoms with van der Waals surface area (Å²) in [6.45, 7) is 2.53. The van der Waals surface area contributed by atoms with E-state index in [4.69, 9.17) is 19.7 Å². The molecule has 0 rings (SSSR count). The third kappa shape index (κ3) is 5.99. The summed E-state index contributed by atoms with van der Waals surface area (Å²) in [5.41, 5.74) is 0. The fourth-order valence-corrected chi connectivity index (χ4v) is 0.949. The van der Waals surface area contributed by atoms with Crippen molar-refractivity contribution in [1.82, 2.24) is 0 Å². The zero-order valence-corrected chi connectivity index (χ0v) is 8.40. The van der Waals surface area contributed by atoms with Crippen LogP contribution in [0.3, 0.4) is 0 Å². The quantitative estimate of drug-likeness (QED) is 0.575. The van der Waals surface area contributed by atoms with Crippen LogP contribution in [-0.4, -0.2) is 49.4 Å². The van der Waals surface area contributed by atoms with Crippen LogP contribution in [0.15, 0.2) is 0 Å². The van der Waals surface area contributed by atoms with Crippen molar-refractivity contribution >= 4 is 0 Å². The van der Waals surface area contributed by atoms with Gasteiger partial charge in [0.25, 0.3) is 0 Å². The Kier molecular flexibility index (Phi) is 8.33. The van der Waals surface area contributed by atoms with E-state index in [-0.39, 0.29) is 25.4 Å². The molecule has 0 aromatic carbocycles. The maximum atomic E-state index is 8.80. The van der Waals surface area contributed by atoms with Gasteiger partial charge in [-0.3, -0.25) is 0 Å². The number of ether oxygens (including phenoxy) is 2. The minimum atomic E-state index is -0.156. The average molecular weight is 192 g/mol. The first-order valence-corrected chi connectivity index (χ1v) is 4.64. The van der Waals surface area contributed by atoms with Crippen LogP contribution in [-0.2, 0) is 9.47 Å². The Morgan fingerprint density at radius 2 is 1.77 bits per heavy atom. The van der Waals surface area contributed by atoms with E-state index < -0.39 is 0 Å². The molecular formula is C9H20O4. The Hall–Kier alpha value is -0.160. The molecule has 0 heterocycles. The molecule has 2 atom stereocenters. The minimum absolute atomic E-state index is 0.00970. The van der Waals surface area contributed by atoms with E-state index in [0.29, 0.717) is 13.0 Å². The summed E-state index contributed by atoms with van der Waals surface area (Å²) in [6, 6.07) is 0. The van der Waals surface area contributed by atoms with Gasteiger partial charge in [-0.25, -0.2) is 0 Å². The molecule has 0 aromatic heterocycles. The number of hydrogen-bond acceptors (Lipinski definition) is 4. The number of aliphatic hydroxyl groups is 2. The van der Waals surface area contributed by atoms with Crippen LogP contribution >= 0.6 is 0 Å². The number of aliphatic hydroxyl groups excluding tert-OH is 2. The molecule has 2 unspecified atom stereocenters. The maximum Gasteiger partial charge on any atom is 0.0823 e. The Balaban J connectivity index is 3.41. The van der Waals surface area contributed by atoms with Crippen molar-refractivity contribution in [3.8, 4) is 0 Å². The van der Waals surface area contributed by atoms with Crippen molar-refractivity contribution in [3.05, 3.63) is 0 Å². The summed E-state index contributed by atoms with van der Waals surface area (Å²) in [5.74, 6) is 0. The lowest BCUT2D eigenvalue weighted by Crippen LogP contribution is -2.22. The maximum absolute atomic E-state index is 8.80. The van der Waals surface area contributed by atoms with Gasteiger partial charge >= 0.3 is 0 Å². The van der Waals surface area contributed by atoms with Crippen molar-refractivity contribution in [2.45, 2.75) is 32.0 Å². The number of methoxy groups -OCH3 is 1. The third-order valence-electron chi connectivity index (χ3n) is 1.99. The highest BCUT2D eigenvalue weighted by molar-refractivity contribution is 4.56. The zero-order valence-electron chi connectivity index (χ0n) is 8.40. The van der Waals surface area contributed by atoms with E-state index in [0.717, 1.165) is 6.42 Å². The van der Waals surface area contributed by atoms with Gasteiger partial charge in [-0.05, 0) is 12.8 Å². The largest absolute Gasteiger partial charge is 0.394 e. The van der Waals surface area contributed by atoms with Gasteiger partial charge in [0.2, 0.25) is 0 Å². The van der Waals surface area contributed by atoms with Crippen LogP contribution < -0.4 is 0 Å². The Morgan fingerprint density at radius 1 is 1.15 bits per heavy atom. The fourth-order valence-electron chi connectivity index (χ4n) is 0.949. The van der Waals surface area contributed by atoms with Crippen LogP contribution in [0.2, 0.25) is 0 Å². The van der Waals surface area contributed by atoms with Crippen molar-refractivity contribution in [2.75, 3.05) is 26.9 Å². The molecular weight excluding hydrogens is 172 g/mol. The molecule has 2 N–H and O–H groups in total. The van der Waals surface area contributed by atoms with Gasteiger partial charge in [-0.2, -0.15) is 0 Å². The minimum Gasteiger partial charge on any atom is -0.394 e. The molecule has 0 bridgehead atoms. The first kappa shape index (κ1) is 12.8. The van der Waals surface area contributed by atoms with E-state index in [2.05, 4.69) is 0 Å². The third-order valence-corrected chi connectivity index (χ3v) is 1.99. The topological polar surface area (TPSA) is 58.9 Å². The smallest absolute Gasteiger partial charge is 0.0823 e. The SMILES string of the molecule is CCC(CO)OCCC(CO)OC. The molecule has 0 radical (unpaired) electrons. The lowest BCUT2D eigenvalue weighted by Gasteiger charge is -2.16. The van der Waals surface area contributed by atoms with Crippen molar-refractivity contribution < 1.29 is 19.7 Å². The van der Waals surface area contributed by atoms with Crippen LogP contribution in [0.25, 0.3) is 0 Å². The van der Waals surface area contributed by atoms with Crippen molar-refractivity contribution in [3.63, 3.8) is 0 Å².